The molecule has 0 unspecified atom stereocenters. The second-order valence-electron chi connectivity index (χ2n) is 4.99. The van der Waals surface area contributed by atoms with Crippen molar-refractivity contribution in [2.24, 2.45) is 0 Å². The number of nitrogens with zero attached hydrogens (tertiary/aromatic N) is 3. The van der Waals surface area contributed by atoms with Crippen LogP contribution in [0.2, 0.25) is 0 Å². The van der Waals surface area contributed by atoms with Gasteiger partial charge in [-0.1, -0.05) is 6.07 Å². The van der Waals surface area contributed by atoms with Gasteiger partial charge in [0.2, 0.25) is 0 Å². The van der Waals surface area contributed by atoms with Crippen molar-refractivity contribution in [1.29, 1.82) is 0 Å². The molecule has 0 radical (unpaired) electrons. The van der Waals surface area contributed by atoms with Crippen molar-refractivity contribution in [3.8, 4) is 0 Å². The molecule has 1 aromatic carbocycles. The van der Waals surface area contributed by atoms with Gasteiger partial charge in [0.25, 0.3) is 0 Å². The molecule has 21 heavy (non-hydrogen) atoms. The fourth-order valence-corrected chi connectivity index (χ4v) is 2.51. The molecule has 108 valence electrons. The van der Waals surface area contributed by atoms with Crippen molar-refractivity contribution in [1.82, 2.24) is 14.5 Å². The first kappa shape index (κ1) is 13.5. The van der Waals surface area contributed by atoms with E-state index < -0.39 is 11.6 Å². The molecule has 0 atom stereocenters. The maximum Gasteiger partial charge on any atom is 0.146 e. The predicted octanol–water partition coefficient (Wildman–Crippen LogP) is 2.96. The van der Waals surface area contributed by atoms with Crippen molar-refractivity contribution >= 4 is 16.9 Å². The Balaban J connectivity index is 2.17. The summed E-state index contributed by atoms with van der Waals surface area (Å²) in [5.74, 6) is -0.761. The third-order valence-corrected chi connectivity index (χ3v) is 3.78. The molecule has 0 saturated carbocycles. The molecule has 2 heterocycles. The first-order valence-corrected chi connectivity index (χ1v) is 6.49. The van der Waals surface area contributed by atoms with Crippen molar-refractivity contribution in [2.75, 3.05) is 5.73 Å². The molecule has 4 nitrogen and oxygen atoms in total. The summed E-state index contributed by atoms with van der Waals surface area (Å²) in [4.78, 5) is 8.23. The van der Waals surface area contributed by atoms with Crippen molar-refractivity contribution in [3.05, 3.63) is 53.0 Å². The van der Waals surface area contributed by atoms with Crippen LogP contribution >= 0.6 is 0 Å². The van der Waals surface area contributed by atoms with Gasteiger partial charge in [0, 0.05) is 17.3 Å². The van der Waals surface area contributed by atoms with Gasteiger partial charge in [-0.05, 0) is 25.5 Å². The van der Waals surface area contributed by atoms with Crippen LogP contribution < -0.4 is 5.73 Å². The summed E-state index contributed by atoms with van der Waals surface area (Å²) in [5, 5.41) is 0.775. The fourth-order valence-electron chi connectivity index (χ4n) is 2.51. The third-order valence-electron chi connectivity index (χ3n) is 3.78. The Morgan fingerprint density at radius 3 is 2.67 bits per heavy atom. The van der Waals surface area contributed by atoms with Crippen LogP contribution in [0.15, 0.2) is 24.5 Å². The lowest BCUT2D eigenvalue weighted by atomic mass is 10.2. The lowest BCUT2D eigenvalue weighted by Gasteiger charge is -2.09. The summed E-state index contributed by atoms with van der Waals surface area (Å²) in [6.45, 7) is 4.10. The van der Waals surface area contributed by atoms with Gasteiger partial charge in [-0.2, -0.15) is 0 Å². The summed E-state index contributed by atoms with van der Waals surface area (Å²) in [6.07, 6.45) is 1.38. The molecule has 0 bridgehead atoms. The Morgan fingerprint density at radius 2 is 1.95 bits per heavy atom. The first-order chi connectivity index (χ1) is 9.99. The van der Waals surface area contributed by atoms with Gasteiger partial charge in [-0.3, -0.25) is 0 Å². The van der Waals surface area contributed by atoms with E-state index in [-0.39, 0.29) is 6.54 Å². The summed E-state index contributed by atoms with van der Waals surface area (Å²) in [7, 11) is 0. The first-order valence-electron chi connectivity index (χ1n) is 6.49. The summed E-state index contributed by atoms with van der Waals surface area (Å²) >= 11 is 0. The van der Waals surface area contributed by atoms with Gasteiger partial charge >= 0.3 is 0 Å². The quantitative estimate of drug-likeness (QED) is 0.788. The van der Waals surface area contributed by atoms with Gasteiger partial charge in [0.05, 0.1) is 11.9 Å². The molecular formula is C15H14F2N4. The van der Waals surface area contributed by atoms with Crippen LogP contribution in [0.1, 0.15) is 16.8 Å². The van der Waals surface area contributed by atoms with E-state index in [1.54, 1.807) is 0 Å². The number of aryl methyl sites for hydroxylation is 1. The van der Waals surface area contributed by atoms with Crippen LogP contribution in [-0.2, 0) is 6.54 Å². The SMILES string of the molecule is Cc1c(C)n(Cc2ccc(F)cc2F)c2ncnc(N)c12. The molecule has 0 fully saturated rings. The maximum atomic E-state index is 13.8. The molecule has 0 aliphatic rings. The van der Waals surface area contributed by atoms with Gasteiger partial charge in [0.15, 0.2) is 0 Å². The number of anilines is 1. The number of nitrogen functional groups attached to an aromatic ring is 1. The number of nitrogens with two attached hydrogens (primary N) is 1. The Bertz CT molecular complexity index is 839. The Kier molecular flexibility index (Phi) is 3.08. The largest absolute Gasteiger partial charge is 0.383 e. The third kappa shape index (κ3) is 2.12. The van der Waals surface area contributed by atoms with Crippen LogP contribution in [0.25, 0.3) is 11.0 Å². The average molecular weight is 288 g/mol. The molecule has 6 heteroatoms. The van der Waals surface area contributed by atoms with Gasteiger partial charge in [-0.25, -0.2) is 18.7 Å². The number of benzene rings is 1. The molecule has 0 aliphatic carbocycles. The Morgan fingerprint density at radius 1 is 1.19 bits per heavy atom. The summed E-state index contributed by atoms with van der Waals surface area (Å²) in [6, 6.07) is 3.57. The molecule has 2 aromatic heterocycles. The van der Waals surface area contributed by atoms with Crippen LogP contribution in [0.3, 0.4) is 0 Å². The van der Waals surface area contributed by atoms with Crippen molar-refractivity contribution in [3.63, 3.8) is 0 Å². The lowest BCUT2D eigenvalue weighted by molar-refractivity contribution is 0.566. The van der Waals surface area contributed by atoms with E-state index in [0.29, 0.717) is 17.0 Å². The minimum absolute atomic E-state index is 0.263. The molecule has 2 N–H and O–H groups in total. The average Bonchev–Trinajstić information content (AvgIpc) is 2.68. The number of halogens is 2. The van der Waals surface area contributed by atoms with E-state index >= 15 is 0 Å². The zero-order chi connectivity index (χ0) is 15.1. The monoisotopic (exact) mass is 288 g/mol. The van der Waals surface area contributed by atoms with Crippen LogP contribution in [-0.4, -0.2) is 14.5 Å². The zero-order valence-electron chi connectivity index (χ0n) is 11.7. The van der Waals surface area contributed by atoms with Gasteiger partial charge in [-0.15, -0.1) is 0 Å². The zero-order valence-corrected chi connectivity index (χ0v) is 11.7. The summed E-state index contributed by atoms with van der Waals surface area (Å²) < 4.78 is 28.7. The standard InChI is InChI=1S/C15H14F2N4/c1-8-9(2)21(15-13(8)14(18)19-7-20-15)6-10-3-4-11(16)5-12(10)17/h3-5,7H,6H2,1-2H3,(H2,18,19,20). The number of rotatable bonds is 2. The number of hydrogen-bond donors (Lipinski definition) is 1. The van der Waals surface area contributed by atoms with E-state index in [0.717, 1.165) is 22.7 Å². The van der Waals surface area contributed by atoms with Gasteiger partial charge in [0.1, 0.15) is 29.4 Å². The Labute approximate surface area is 120 Å². The summed E-state index contributed by atoms with van der Waals surface area (Å²) in [5.41, 5.74) is 8.84. The minimum atomic E-state index is -0.590. The number of fused-ring (bicyclic) bond motifs is 1. The molecule has 3 aromatic rings. The highest BCUT2D eigenvalue weighted by molar-refractivity contribution is 5.90. The second-order valence-corrected chi connectivity index (χ2v) is 4.99. The normalized spacial score (nSPS) is 11.2. The number of hydrogen-bond acceptors (Lipinski definition) is 3. The van der Waals surface area contributed by atoms with E-state index in [2.05, 4.69) is 9.97 Å². The Hall–Kier alpha value is -2.50. The maximum absolute atomic E-state index is 13.8. The smallest absolute Gasteiger partial charge is 0.146 e. The molecular weight excluding hydrogens is 274 g/mol. The van der Waals surface area contributed by atoms with E-state index in [4.69, 9.17) is 5.73 Å². The second kappa shape index (κ2) is 4.80. The van der Waals surface area contributed by atoms with Crippen molar-refractivity contribution < 1.29 is 8.78 Å². The minimum Gasteiger partial charge on any atom is -0.383 e. The van der Waals surface area contributed by atoms with Gasteiger partial charge < -0.3 is 10.3 Å². The lowest BCUT2D eigenvalue weighted by Crippen LogP contribution is -2.05. The molecule has 0 aliphatic heterocycles. The van der Waals surface area contributed by atoms with E-state index in [1.807, 2.05) is 18.4 Å². The van der Waals surface area contributed by atoms with E-state index in [9.17, 15) is 8.78 Å². The number of aromatic nitrogens is 3. The highest BCUT2D eigenvalue weighted by Crippen LogP contribution is 2.28. The van der Waals surface area contributed by atoms with Crippen LogP contribution in [0.5, 0.6) is 0 Å². The predicted molar refractivity (Wildman–Crippen MR) is 76.9 cm³/mol. The molecule has 0 spiro atoms. The fraction of sp³-hybridized carbons (Fsp3) is 0.200. The van der Waals surface area contributed by atoms with Crippen LogP contribution in [0, 0.1) is 25.5 Å². The molecule has 3 rings (SSSR count). The van der Waals surface area contributed by atoms with Crippen molar-refractivity contribution in [2.45, 2.75) is 20.4 Å². The van der Waals surface area contributed by atoms with Crippen LogP contribution in [0.4, 0.5) is 14.6 Å². The van der Waals surface area contributed by atoms with E-state index in [1.165, 1.54) is 18.5 Å². The molecule has 0 amide bonds. The molecule has 0 saturated heterocycles. The highest BCUT2D eigenvalue weighted by atomic mass is 19.1. The topological polar surface area (TPSA) is 56.7 Å². The highest BCUT2D eigenvalue weighted by Gasteiger charge is 2.16.